The number of guanidine groups is 1. The van der Waals surface area contributed by atoms with Gasteiger partial charge in [0.25, 0.3) is 0 Å². The highest BCUT2D eigenvalue weighted by Crippen LogP contribution is 1.71. The third-order valence-corrected chi connectivity index (χ3v) is 0.794. The average molecular weight is 146 g/mol. The zero-order chi connectivity index (χ0) is 7.28. The molecule has 9 heavy (non-hydrogen) atoms. The van der Waals surface area contributed by atoms with Crippen molar-refractivity contribution in [1.29, 1.82) is 0 Å². The zero-order valence-electron chi connectivity index (χ0n) is 5.22. The molecule has 0 aliphatic rings. The van der Waals surface area contributed by atoms with E-state index in [-0.39, 0.29) is 5.96 Å². The fourth-order valence-electron chi connectivity index (χ4n) is 0.308. The predicted molar refractivity (Wildman–Crippen MR) is 42.1 cm³/mol. The van der Waals surface area contributed by atoms with Gasteiger partial charge >= 0.3 is 0 Å². The van der Waals surface area contributed by atoms with E-state index < -0.39 is 0 Å². The molecule has 0 atom stereocenters. The lowest BCUT2D eigenvalue weighted by atomic mass is 10.7. The Bertz CT molecular complexity index is 127. The Balaban J connectivity index is 3.63. The molecular weight excluding hydrogens is 136 g/mol. The molecule has 5 N–H and O–H groups in total. The topological polar surface area (TPSA) is 76.4 Å². The molecule has 0 saturated carbocycles. The number of hydrogen-bond acceptors (Lipinski definition) is 1. The van der Waals surface area contributed by atoms with Gasteiger partial charge in [0.05, 0.1) is 0 Å². The Morgan fingerprint density at radius 1 is 1.67 bits per heavy atom. The molecule has 0 spiro atoms. The molecule has 0 amide bonds. The van der Waals surface area contributed by atoms with Crippen molar-refractivity contribution in [1.82, 2.24) is 5.32 Å². The zero-order valence-corrected chi connectivity index (χ0v) is 6.03. The van der Waals surface area contributed by atoms with Gasteiger partial charge in [0, 0.05) is 6.54 Å². The molecule has 0 aliphatic heterocycles. The van der Waals surface area contributed by atoms with Gasteiger partial charge in [-0.3, -0.25) is 0 Å². The summed E-state index contributed by atoms with van der Waals surface area (Å²) in [7, 11) is 0. The highest BCUT2D eigenvalue weighted by Gasteiger charge is 1.86. The maximum Gasteiger partial charge on any atom is 0.196 e. The van der Waals surface area contributed by atoms with Gasteiger partial charge in [0.1, 0.15) is 0 Å². The van der Waals surface area contributed by atoms with Crippen molar-refractivity contribution in [3.63, 3.8) is 0 Å². The fourth-order valence-corrected chi connectivity index (χ4v) is 0.558. The second-order valence-corrected chi connectivity index (χ2v) is 1.76. The van der Waals surface area contributed by atoms with Crippen molar-refractivity contribution in [3.05, 3.63) is 0 Å². The molecule has 52 valence electrons. The first kappa shape index (κ1) is 8.16. The van der Waals surface area contributed by atoms with E-state index in [0.717, 1.165) is 6.54 Å². The minimum atomic E-state index is -0.0130. The van der Waals surface area contributed by atoms with Gasteiger partial charge in [0.2, 0.25) is 0 Å². The summed E-state index contributed by atoms with van der Waals surface area (Å²) in [6.45, 7) is 2.64. The first-order valence-corrected chi connectivity index (χ1v) is 2.95. The molecule has 4 nitrogen and oxygen atoms in total. The molecule has 0 radical (unpaired) electrons. The van der Waals surface area contributed by atoms with Gasteiger partial charge in [-0.25, -0.2) is 0 Å². The van der Waals surface area contributed by atoms with Crippen LogP contribution in [0, 0.1) is 0 Å². The minimum absolute atomic E-state index is 0.0130. The first-order chi connectivity index (χ1) is 4.16. The van der Waals surface area contributed by atoms with Crippen molar-refractivity contribution >= 4 is 23.3 Å². The SMILES string of the molecule is CCNC(=S)N=C(N)N. The first-order valence-electron chi connectivity index (χ1n) is 2.54. The largest absolute Gasteiger partial charge is 0.370 e. The van der Waals surface area contributed by atoms with Gasteiger partial charge < -0.3 is 16.8 Å². The van der Waals surface area contributed by atoms with Crippen LogP contribution in [0.15, 0.2) is 4.99 Å². The Morgan fingerprint density at radius 3 is 2.56 bits per heavy atom. The predicted octanol–water partition coefficient (Wildman–Crippen LogP) is -0.846. The summed E-state index contributed by atoms with van der Waals surface area (Å²) in [5.41, 5.74) is 10.0. The molecule has 0 heterocycles. The smallest absolute Gasteiger partial charge is 0.196 e. The highest BCUT2D eigenvalue weighted by atomic mass is 32.1. The summed E-state index contributed by atoms with van der Waals surface area (Å²) in [6.07, 6.45) is 0. The van der Waals surface area contributed by atoms with Gasteiger partial charge in [-0.2, -0.15) is 4.99 Å². The van der Waals surface area contributed by atoms with Gasteiger partial charge in [-0.1, -0.05) is 0 Å². The summed E-state index contributed by atoms with van der Waals surface area (Å²) < 4.78 is 0. The summed E-state index contributed by atoms with van der Waals surface area (Å²) in [5, 5.41) is 3.09. The molecule has 0 aromatic heterocycles. The quantitative estimate of drug-likeness (QED) is 0.256. The van der Waals surface area contributed by atoms with E-state index in [1.54, 1.807) is 0 Å². The maximum absolute atomic E-state index is 5.02. The Labute approximate surface area is 59.3 Å². The lowest BCUT2D eigenvalue weighted by Crippen LogP contribution is -2.28. The van der Waals surface area contributed by atoms with Crippen molar-refractivity contribution < 1.29 is 0 Å². The van der Waals surface area contributed by atoms with E-state index >= 15 is 0 Å². The van der Waals surface area contributed by atoms with Crippen LogP contribution in [-0.4, -0.2) is 17.6 Å². The van der Waals surface area contributed by atoms with Crippen LogP contribution in [0.2, 0.25) is 0 Å². The van der Waals surface area contributed by atoms with Crippen LogP contribution >= 0.6 is 12.2 Å². The molecule has 0 saturated heterocycles. The van der Waals surface area contributed by atoms with Crippen LogP contribution in [0.3, 0.4) is 0 Å². The summed E-state index contributed by atoms with van der Waals surface area (Å²) in [6, 6.07) is 0. The summed E-state index contributed by atoms with van der Waals surface area (Å²) >= 11 is 4.67. The van der Waals surface area contributed by atoms with E-state index in [9.17, 15) is 0 Å². The van der Waals surface area contributed by atoms with Crippen LogP contribution in [0.5, 0.6) is 0 Å². The number of hydrogen-bond donors (Lipinski definition) is 3. The van der Waals surface area contributed by atoms with Crippen LogP contribution < -0.4 is 16.8 Å². The van der Waals surface area contributed by atoms with Crippen molar-refractivity contribution in [3.8, 4) is 0 Å². The molecule has 0 fully saturated rings. The van der Waals surface area contributed by atoms with E-state index in [4.69, 9.17) is 11.5 Å². The molecular formula is C4H10N4S. The Morgan fingerprint density at radius 2 is 2.22 bits per heavy atom. The Hall–Kier alpha value is -0.840. The number of nitrogens with two attached hydrogens (primary N) is 2. The second kappa shape index (κ2) is 4.08. The monoisotopic (exact) mass is 146 g/mol. The maximum atomic E-state index is 5.02. The van der Waals surface area contributed by atoms with Gasteiger partial charge in [-0.05, 0) is 19.1 Å². The van der Waals surface area contributed by atoms with Crippen LogP contribution in [-0.2, 0) is 0 Å². The van der Waals surface area contributed by atoms with Crippen LogP contribution in [0.25, 0.3) is 0 Å². The average Bonchev–Trinajstić information content (AvgIpc) is 1.63. The third kappa shape index (κ3) is 5.02. The normalized spacial score (nSPS) is 8.11. The standard InChI is InChI=1S/C4H10N4S/c1-2-7-4(9)8-3(5)6/h2H2,1H3,(H5,5,6,7,8,9). The summed E-state index contributed by atoms with van der Waals surface area (Å²) in [5.74, 6) is -0.0130. The minimum Gasteiger partial charge on any atom is -0.370 e. The van der Waals surface area contributed by atoms with Gasteiger partial charge in [0.15, 0.2) is 11.1 Å². The number of nitrogens with zero attached hydrogens (tertiary/aromatic N) is 1. The molecule has 0 aliphatic carbocycles. The second-order valence-electron chi connectivity index (χ2n) is 1.37. The Kier molecular flexibility index (Phi) is 3.70. The summed E-state index contributed by atoms with van der Waals surface area (Å²) in [4.78, 5) is 3.56. The fraction of sp³-hybridized carbons (Fsp3) is 0.500. The molecule has 0 rings (SSSR count). The van der Waals surface area contributed by atoms with E-state index in [1.165, 1.54) is 0 Å². The van der Waals surface area contributed by atoms with Crippen molar-refractivity contribution in [2.45, 2.75) is 6.92 Å². The highest BCUT2D eigenvalue weighted by molar-refractivity contribution is 7.80. The number of thiocarbonyl (C=S) groups is 1. The molecule has 0 aromatic rings. The van der Waals surface area contributed by atoms with E-state index in [0.29, 0.717) is 5.11 Å². The molecule has 0 bridgehead atoms. The van der Waals surface area contributed by atoms with Crippen molar-refractivity contribution in [2.24, 2.45) is 16.5 Å². The van der Waals surface area contributed by atoms with E-state index in [1.807, 2.05) is 6.92 Å². The van der Waals surface area contributed by atoms with E-state index in [2.05, 4.69) is 22.5 Å². The lowest BCUT2D eigenvalue weighted by Gasteiger charge is -1.96. The van der Waals surface area contributed by atoms with Crippen molar-refractivity contribution in [2.75, 3.05) is 6.54 Å². The third-order valence-electron chi connectivity index (χ3n) is 0.559. The van der Waals surface area contributed by atoms with Crippen LogP contribution in [0.4, 0.5) is 0 Å². The van der Waals surface area contributed by atoms with Crippen LogP contribution in [0.1, 0.15) is 6.92 Å². The number of aliphatic imine (C=N–C) groups is 1. The number of nitrogens with one attached hydrogen (secondary N) is 1. The lowest BCUT2D eigenvalue weighted by molar-refractivity contribution is 0.972. The molecule has 5 heteroatoms. The number of rotatable bonds is 1. The molecule has 0 unspecified atom stereocenters. The molecule has 0 aromatic carbocycles. The van der Waals surface area contributed by atoms with Gasteiger partial charge in [-0.15, -0.1) is 0 Å².